The number of benzene rings is 3. The Labute approximate surface area is 188 Å². The van der Waals surface area contributed by atoms with Crippen molar-refractivity contribution < 1.29 is 4.79 Å². The molecule has 158 valence electrons. The summed E-state index contributed by atoms with van der Waals surface area (Å²) in [6, 6.07) is 24.7. The topological polar surface area (TPSA) is 88.5 Å². The van der Waals surface area contributed by atoms with Crippen LogP contribution in [0.1, 0.15) is 16.2 Å². The van der Waals surface area contributed by atoms with Gasteiger partial charge < -0.3 is 14.9 Å². The maximum absolute atomic E-state index is 12.5. The molecule has 0 bridgehead atoms. The SMILES string of the molecule is Cn1c(SCc2nc3ccccc3[nH]2)nnc1-c1cccc(NC(=O)c2ccccc2)c1. The summed E-state index contributed by atoms with van der Waals surface area (Å²) in [6.07, 6.45) is 0. The fourth-order valence-corrected chi connectivity index (χ4v) is 4.21. The number of nitrogens with zero attached hydrogens (tertiary/aromatic N) is 4. The molecule has 0 aliphatic rings. The van der Waals surface area contributed by atoms with Gasteiger partial charge in [0, 0.05) is 23.9 Å². The molecule has 5 rings (SSSR count). The first-order valence-electron chi connectivity index (χ1n) is 10.1. The van der Waals surface area contributed by atoms with Gasteiger partial charge in [0.05, 0.1) is 16.8 Å². The molecule has 2 heterocycles. The van der Waals surface area contributed by atoms with Gasteiger partial charge in [0.25, 0.3) is 5.91 Å². The third kappa shape index (κ3) is 4.13. The van der Waals surface area contributed by atoms with Crippen molar-refractivity contribution in [2.45, 2.75) is 10.9 Å². The van der Waals surface area contributed by atoms with Gasteiger partial charge in [-0.1, -0.05) is 54.2 Å². The lowest BCUT2D eigenvalue weighted by atomic mass is 10.1. The minimum Gasteiger partial charge on any atom is -0.341 e. The molecule has 3 aromatic carbocycles. The fourth-order valence-electron chi connectivity index (χ4n) is 3.43. The molecule has 0 unspecified atom stereocenters. The Kier molecular flexibility index (Phi) is 5.43. The van der Waals surface area contributed by atoms with E-state index in [1.165, 1.54) is 0 Å². The number of para-hydroxylation sites is 2. The number of imidazole rings is 1. The van der Waals surface area contributed by atoms with E-state index in [2.05, 4.69) is 25.5 Å². The van der Waals surface area contributed by atoms with Crippen LogP contribution in [0.15, 0.2) is 84.0 Å². The number of rotatable bonds is 6. The predicted octanol–water partition coefficient (Wildman–Crippen LogP) is 4.90. The second-order valence-electron chi connectivity index (χ2n) is 7.26. The zero-order valence-electron chi connectivity index (χ0n) is 17.3. The maximum Gasteiger partial charge on any atom is 0.255 e. The summed E-state index contributed by atoms with van der Waals surface area (Å²) in [5.74, 6) is 2.13. The Balaban J connectivity index is 1.31. The third-order valence-electron chi connectivity index (χ3n) is 5.03. The van der Waals surface area contributed by atoms with Crippen LogP contribution in [0.4, 0.5) is 5.69 Å². The van der Waals surface area contributed by atoms with Gasteiger partial charge in [-0.25, -0.2) is 4.98 Å². The number of hydrogen-bond donors (Lipinski definition) is 2. The minimum atomic E-state index is -0.150. The summed E-state index contributed by atoms with van der Waals surface area (Å²) in [5.41, 5.74) is 4.17. The molecule has 2 N–H and O–H groups in total. The third-order valence-corrected chi connectivity index (χ3v) is 6.06. The van der Waals surface area contributed by atoms with Crippen LogP contribution in [0, 0.1) is 0 Å². The van der Waals surface area contributed by atoms with Crippen LogP contribution < -0.4 is 5.32 Å². The monoisotopic (exact) mass is 440 g/mol. The molecule has 0 aliphatic heterocycles. The second-order valence-corrected chi connectivity index (χ2v) is 8.20. The number of H-pyrrole nitrogens is 1. The van der Waals surface area contributed by atoms with Gasteiger partial charge in [-0.15, -0.1) is 10.2 Å². The van der Waals surface area contributed by atoms with E-state index in [-0.39, 0.29) is 5.91 Å². The highest BCUT2D eigenvalue weighted by atomic mass is 32.2. The largest absolute Gasteiger partial charge is 0.341 e. The first-order chi connectivity index (χ1) is 15.7. The van der Waals surface area contributed by atoms with E-state index in [4.69, 9.17) is 0 Å². The van der Waals surface area contributed by atoms with Crippen LogP contribution in [0.3, 0.4) is 0 Å². The number of carbonyl (C=O) groups excluding carboxylic acids is 1. The van der Waals surface area contributed by atoms with E-state index >= 15 is 0 Å². The lowest BCUT2D eigenvalue weighted by Crippen LogP contribution is -2.11. The van der Waals surface area contributed by atoms with E-state index in [9.17, 15) is 4.79 Å². The number of nitrogens with one attached hydrogen (secondary N) is 2. The molecule has 0 spiro atoms. The second kappa shape index (κ2) is 8.68. The Morgan fingerprint density at radius 1 is 1.00 bits per heavy atom. The smallest absolute Gasteiger partial charge is 0.255 e. The Morgan fingerprint density at radius 2 is 1.81 bits per heavy atom. The number of carbonyl (C=O) groups is 1. The van der Waals surface area contributed by atoms with E-state index < -0.39 is 0 Å². The van der Waals surface area contributed by atoms with Crippen molar-refractivity contribution in [3.8, 4) is 11.4 Å². The van der Waals surface area contributed by atoms with Crippen molar-refractivity contribution in [1.82, 2.24) is 24.7 Å². The number of aromatic nitrogens is 5. The number of hydrogen-bond acceptors (Lipinski definition) is 5. The Morgan fingerprint density at radius 3 is 2.66 bits per heavy atom. The lowest BCUT2D eigenvalue weighted by Gasteiger charge is -2.08. The zero-order chi connectivity index (χ0) is 21.9. The summed E-state index contributed by atoms with van der Waals surface area (Å²) < 4.78 is 1.95. The van der Waals surface area contributed by atoms with Crippen LogP contribution in [-0.4, -0.2) is 30.6 Å². The first-order valence-corrected chi connectivity index (χ1v) is 11.1. The van der Waals surface area contributed by atoms with Crippen LogP contribution in [0.5, 0.6) is 0 Å². The molecule has 32 heavy (non-hydrogen) atoms. The number of aromatic amines is 1. The molecule has 2 aromatic heterocycles. The molecule has 0 fully saturated rings. The van der Waals surface area contributed by atoms with Crippen LogP contribution in [0.2, 0.25) is 0 Å². The van der Waals surface area contributed by atoms with Crippen molar-refractivity contribution in [1.29, 1.82) is 0 Å². The summed E-state index contributed by atoms with van der Waals surface area (Å²) in [5, 5.41) is 12.4. The van der Waals surface area contributed by atoms with E-state index in [1.807, 2.05) is 78.3 Å². The van der Waals surface area contributed by atoms with Crippen molar-refractivity contribution in [3.05, 3.63) is 90.3 Å². The molecule has 0 aliphatic carbocycles. The standard InChI is InChI=1S/C24H20N6OS/c1-30-22(17-10-7-11-18(14-17)25-23(31)16-8-3-2-4-9-16)28-29-24(30)32-15-21-26-19-12-5-6-13-20(19)27-21/h2-14H,15H2,1H3,(H,25,31)(H,26,27). The molecule has 1 amide bonds. The van der Waals surface area contributed by atoms with Gasteiger partial charge >= 0.3 is 0 Å². The molecular formula is C24H20N6OS. The van der Waals surface area contributed by atoms with Gasteiger partial charge in [0.15, 0.2) is 11.0 Å². The maximum atomic E-state index is 12.5. The molecule has 7 nitrogen and oxygen atoms in total. The van der Waals surface area contributed by atoms with E-state index in [1.54, 1.807) is 23.9 Å². The predicted molar refractivity (Wildman–Crippen MR) is 126 cm³/mol. The van der Waals surface area contributed by atoms with Crippen LogP contribution >= 0.6 is 11.8 Å². The number of amides is 1. The van der Waals surface area contributed by atoms with Gasteiger partial charge in [0.2, 0.25) is 0 Å². The number of fused-ring (bicyclic) bond motifs is 1. The lowest BCUT2D eigenvalue weighted by molar-refractivity contribution is 0.102. The highest BCUT2D eigenvalue weighted by Gasteiger charge is 2.14. The van der Waals surface area contributed by atoms with Crippen molar-refractivity contribution >= 4 is 34.4 Å². The first kappa shape index (κ1) is 20.0. The highest BCUT2D eigenvalue weighted by molar-refractivity contribution is 7.98. The van der Waals surface area contributed by atoms with E-state index in [0.717, 1.165) is 33.4 Å². The summed E-state index contributed by atoms with van der Waals surface area (Å²) in [4.78, 5) is 20.4. The molecule has 0 radical (unpaired) electrons. The normalized spacial score (nSPS) is 11.0. The molecular weight excluding hydrogens is 420 g/mol. The highest BCUT2D eigenvalue weighted by Crippen LogP contribution is 2.27. The van der Waals surface area contributed by atoms with E-state index in [0.29, 0.717) is 17.0 Å². The molecule has 0 saturated heterocycles. The van der Waals surface area contributed by atoms with Crippen LogP contribution in [-0.2, 0) is 12.8 Å². The zero-order valence-corrected chi connectivity index (χ0v) is 18.1. The van der Waals surface area contributed by atoms with Crippen LogP contribution in [0.25, 0.3) is 22.4 Å². The van der Waals surface area contributed by atoms with Gasteiger partial charge in [0.1, 0.15) is 5.82 Å². The Bertz CT molecular complexity index is 1360. The quantitative estimate of drug-likeness (QED) is 0.367. The number of thioether (sulfide) groups is 1. The number of anilines is 1. The van der Waals surface area contributed by atoms with Gasteiger partial charge in [-0.05, 0) is 36.4 Å². The van der Waals surface area contributed by atoms with Gasteiger partial charge in [-0.3, -0.25) is 4.79 Å². The summed E-state index contributed by atoms with van der Waals surface area (Å²) >= 11 is 1.57. The molecule has 8 heteroatoms. The average Bonchev–Trinajstić information content (AvgIpc) is 3.41. The fraction of sp³-hybridized carbons (Fsp3) is 0.0833. The summed E-state index contributed by atoms with van der Waals surface area (Å²) in [6.45, 7) is 0. The van der Waals surface area contributed by atoms with Gasteiger partial charge in [-0.2, -0.15) is 0 Å². The molecule has 0 saturated carbocycles. The van der Waals surface area contributed by atoms with Crippen molar-refractivity contribution in [2.75, 3.05) is 5.32 Å². The Hall–Kier alpha value is -3.91. The molecule has 0 atom stereocenters. The average molecular weight is 441 g/mol. The molecule has 5 aromatic rings. The van der Waals surface area contributed by atoms with Crippen molar-refractivity contribution in [2.24, 2.45) is 7.05 Å². The summed E-state index contributed by atoms with van der Waals surface area (Å²) in [7, 11) is 1.94. The minimum absolute atomic E-state index is 0.150. The van der Waals surface area contributed by atoms with Crippen molar-refractivity contribution in [3.63, 3.8) is 0 Å².